The monoisotopic (exact) mass is 553 g/mol. The van der Waals surface area contributed by atoms with Crippen molar-refractivity contribution >= 4 is 28.6 Å². The molecular formula is C28H17F6N5O. The number of nitrogens with zero attached hydrogens (tertiary/aromatic N) is 4. The molecular weight excluding hydrogens is 536 g/mol. The Bertz CT molecular complexity index is 1770. The quantitative estimate of drug-likeness (QED) is 0.194. The van der Waals surface area contributed by atoms with Gasteiger partial charge in [0, 0.05) is 34.5 Å². The van der Waals surface area contributed by atoms with Crippen LogP contribution in [0.5, 0.6) is 0 Å². The first kappa shape index (κ1) is 26.6. The molecule has 3 aromatic carbocycles. The predicted molar refractivity (Wildman–Crippen MR) is 136 cm³/mol. The number of hydrogen-bond acceptors (Lipinski definition) is 4. The van der Waals surface area contributed by atoms with Gasteiger partial charge in [0.15, 0.2) is 11.6 Å². The van der Waals surface area contributed by atoms with Gasteiger partial charge < -0.3 is 5.73 Å². The van der Waals surface area contributed by atoms with Gasteiger partial charge in [-0.05, 0) is 24.3 Å². The smallest absolute Gasteiger partial charge is 0.366 e. The molecule has 5 rings (SSSR count). The molecule has 6 nitrogen and oxygen atoms in total. The number of aromatic nitrogens is 4. The van der Waals surface area contributed by atoms with Crippen LogP contribution in [0.15, 0.2) is 85.1 Å². The second kappa shape index (κ2) is 9.95. The number of para-hydroxylation sites is 1. The van der Waals surface area contributed by atoms with E-state index in [1.165, 1.54) is 30.5 Å². The molecule has 0 radical (unpaired) electrons. The number of hydrogen-bond donors (Lipinski definition) is 1. The topological polar surface area (TPSA) is 86.7 Å². The third kappa shape index (κ3) is 5.15. The maximum absolute atomic E-state index is 13.9. The van der Waals surface area contributed by atoms with Crippen LogP contribution in [0.25, 0.3) is 45.5 Å². The minimum absolute atomic E-state index is 0.204. The van der Waals surface area contributed by atoms with E-state index in [9.17, 15) is 31.1 Å². The summed E-state index contributed by atoms with van der Waals surface area (Å²) in [5.74, 6) is -1.93. The molecule has 0 unspecified atom stereocenters. The summed E-state index contributed by atoms with van der Waals surface area (Å²) in [6.45, 7) is 0. The van der Waals surface area contributed by atoms with Crippen LogP contribution in [0.4, 0.5) is 26.3 Å². The van der Waals surface area contributed by atoms with Crippen molar-refractivity contribution in [2.24, 2.45) is 5.73 Å². The average molecular weight is 553 g/mol. The molecule has 2 aromatic heterocycles. The van der Waals surface area contributed by atoms with E-state index in [2.05, 4.69) is 15.1 Å². The van der Waals surface area contributed by atoms with Gasteiger partial charge in [0.1, 0.15) is 0 Å². The molecule has 12 heteroatoms. The van der Waals surface area contributed by atoms with E-state index in [1.807, 2.05) is 0 Å². The Balaban J connectivity index is 1.78. The van der Waals surface area contributed by atoms with Gasteiger partial charge in [0.05, 0.1) is 22.2 Å². The summed E-state index contributed by atoms with van der Waals surface area (Å²) < 4.78 is 83.8. The maximum Gasteiger partial charge on any atom is 0.417 e. The SMILES string of the molecule is NC(=O)/C(=C/n1nc(-c2ccccc2C(F)(F)F)nc1-c1ccccc1C(F)(F)F)c1cnc2ccccc2c1. The molecule has 202 valence electrons. The molecule has 40 heavy (non-hydrogen) atoms. The van der Waals surface area contributed by atoms with E-state index < -0.39 is 52.2 Å². The number of rotatable bonds is 5. The highest BCUT2D eigenvalue weighted by molar-refractivity contribution is 6.22. The van der Waals surface area contributed by atoms with Crippen LogP contribution in [0.2, 0.25) is 0 Å². The van der Waals surface area contributed by atoms with E-state index in [1.54, 1.807) is 30.3 Å². The Hall–Kier alpha value is -5.00. The van der Waals surface area contributed by atoms with Crippen molar-refractivity contribution in [3.63, 3.8) is 0 Å². The van der Waals surface area contributed by atoms with Crippen molar-refractivity contribution in [1.29, 1.82) is 0 Å². The van der Waals surface area contributed by atoms with Gasteiger partial charge in [-0.15, -0.1) is 5.10 Å². The lowest BCUT2D eigenvalue weighted by Crippen LogP contribution is -2.14. The Morgan fingerprint density at radius 1 is 0.800 bits per heavy atom. The molecule has 1 amide bonds. The summed E-state index contributed by atoms with van der Waals surface area (Å²) in [7, 11) is 0. The molecule has 2 heterocycles. The average Bonchev–Trinajstić information content (AvgIpc) is 3.34. The second-order valence-corrected chi connectivity index (χ2v) is 8.61. The fourth-order valence-electron chi connectivity index (χ4n) is 4.18. The highest BCUT2D eigenvalue weighted by Crippen LogP contribution is 2.39. The van der Waals surface area contributed by atoms with Crippen molar-refractivity contribution in [3.05, 3.63) is 102 Å². The fraction of sp³-hybridized carbons (Fsp3) is 0.0714. The van der Waals surface area contributed by atoms with Crippen LogP contribution < -0.4 is 5.73 Å². The number of pyridine rings is 1. The molecule has 0 spiro atoms. The second-order valence-electron chi connectivity index (χ2n) is 8.61. The Kier molecular flexibility index (Phi) is 6.62. The lowest BCUT2D eigenvalue weighted by atomic mass is 10.0. The molecule has 0 bridgehead atoms. The fourth-order valence-corrected chi connectivity index (χ4v) is 4.18. The normalized spacial score (nSPS) is 12.6. The minimum atomic E-state index is -4.82. The molecule has 2 N–H and O–H groups in total. The first-order valence-corrected chi connectivity index (χ1v) is 11.6. The van der Waals surface area contributed by atoms with Crippen LogP contribution in [0.3, 0.4) is 0 Å². The molecule has 0 atom stereocenters. The molecule has 0 saturated heterocycles. The minimum Gasteiger partial charge on any atom is -0.366 e. The molecule has 0 aliphatic carbocycles. The molecule has 0 saturated carbocycles. The summed E-state index contributed by atoms with van der Waals surface area (Å²) in [5, 5.41) is 4.74. The van der Waals surface area contributed by atoms with Crippen LogP contribution in [0.1, 0.15) is 16.7 Å². The predicted octanol–water partition coefficient (Wildman–Crippen LogP) is 6.68. The standard InChI is InChI=1S/C28H17F6N5O/c29-27(30,31)21-10-4-2-8-18(21)25-37-26(19-9-3-5-11-22(19)28(32,33)34)39(38-25)15-20(24(35)40)17-13-16-7-1-6-12-23(16)36-14-17/h1-15H,(H2,35,40)/b20-15+. The van der Waals surface area contributed by atoms with Crippen molar-refractivity contribution < 1.29 is 31.1 Å². The van der Waals surface area contributed by atoms with Crippen molar-refractivity contribution in [3.8, 4) is 22.8 Å². The van der Waals surface area contributed by atoms with E-state index in [0.29, 0.717) is 10.9 Å². The van der Waals surface area contributed by atoms with Gasteiger partial charge in [-0.3, -0.25) is 9.78 Å². The lowest BCUT2D eigenvalue weighted by molar-refractivity contribution is -0.137. The maximum atomic E-state index is 13.9. The van der Waals surface area contributed by atoms with E-state index in [-0.39, 0.29) is 11.1 Å². The number of carbonyl (C=O) groups excluding carboxylic acids is 1. The number of amides is 1. The largest absolute Gasteiger partial charge is 0.417 e. The zero-order chi connectivity index (χ0) is 28.7. The van der Waals surface area contributed by atoms with E-state index >= 15 is 0 Å². The van der Waals surface area contributed by atoms with Gasteiger partial charge in [-0.25, -0.2) is 9.67 Å². The third-order valence-electron chi connectivity index (χ3n) is 6.00. The van der Waals surface area contributed by atoms with Crippen LogP contribution >= 0.6 is 0 Å². The summed E-state index contributed by atoms with van der Waals surface area (Å²) in [6, 6.07) is 17.4. The zero-order valence-electron chi connectivity index (χ0n) is 20.2. The van der Waals surface area contributed by atoms with E-state index in [0.717, 1.165) is 35.1 Å². The number of carbonyl (C=O) groups is 1. The molecule has 0 aliphatic heterocycles. The number of halogens is 6. The number of nitrogens with two attached hydrogens (primary N) is 1. The summed E-state index contributed by atoms with van der Waals surface area (Å²) in [6.07, 6.45) is -7.24. The van der Waals surface area contributed by atoms with Crippen LogP contribution in [-0.2, 0) is 17.1 Å². The Morgan fingerprint density at radius 3 is 2.02 bits per heavy atom. The Morgan fingerprint density at radius 2 is 1.38 bits per heavy atom. The number of benzene rings is 3. The highest BCUT2D eigenvalue weighted by atomic mass is 19.4. The third-order valence-corrected chi connectivity index (χ3v) is 6.00. The van der Waals surface area contributed by atoms with Gasteiger partial charge in [-0.2, -0.15) is 26.3 Å². The number of fused-ring (bicyclic) bond motifs is 1. The van der Waals surface area contributed by atoms with Gasteiger partial charge in [0.2, 0.25) is 0 Å². The molecule has 0 fully saturated rings. The summed E-state index contributed by atoms with van der Waals surface area (Å²) in [5.41, 5.74) is 3.15. The number of alkyl halides is 6. The van der Waals surface area contributed by atoms with Gasteiger partial charge in [-0.1, -0.05) is 54.6 Å². The highest BCUT2D eigenvalue weighted by Gasteiger charge is 2.37. The Labute approximate surface area is 222 Å². The van der Waals surface area contributed by atoms with Gasteiger partial charge in [0.25, 0.3) is 5.91 Å². The van der Waals surface area contributed by atoms with E-state index in [4.69, 9.17) is 5.73 Å². The first-order valence-electron chi connectivity index (χ1n) is 11.6. The summed E-state index contributed by atoms with van der Waals surface area (Å²) in [4.78, 5) is 20.9. The van der Waals surface area contributed by atoms with Crippen molar-refractivity contribution in [1.82, 2.24) is 19.7 Å². The lowest BCUT2D eigenvalue weighted by Gasteiger charge is -2.12. The zero-order valence-corrected chi connectivity index (χ0v) is 20.2. The number of primary amides is 1. The summed E-state index contributed by atoms with van der Waals surface area (Å²) >= 11 is 0. The van der Waals surface area contributed by atoms with Crippen molar-refractivity contribution in [2.75, 3.05) is 0 Å². The van der Waals surface area contributed by atoms with Crippen molar-refractivity contribution in [2.45, 2.75) is 12.4 Å². The molecule has 5 aromatic rings. The first-order chi connectivity index (χ1) is 18.9. The van der Waals surface area contributed by atoms with Gasteiger partial charge >= 0.3 is 12.4 Å². The van der Waals surface area contributed by atoms with Crippen LogP contribution in [0, 0.1) is 0 Å². The van der Waals surface area contributed by atoms with Crippen LogP contribution in [-0.4, -0.2) is 25.7 Å². The molecule has 0 aliphatic rings.